The van der Waals surface area contributed by atoms with E-state index in [9.17, 15) is 4.79 Å². The van der Waals surface area contributed by atoms with Gasteiger partial charge in [0.25, 0.3) is 0 Å². The molecule has 0 aliphatic rings. The van der Waals surface area contributed by atoms with E-state index in [1.807, 2.05) is 46.0 Å². The summed E-state index contributed by atoms with van der Waals surface area (Å²) >= 11 is 0. The molecule has 0 spiro atoms. The Morgan fingerprint density at radius 1 is 1.45 bits per heavy atom. The summed E-state index contributed by atoms with van der Waals surface area (Å²) < 4.78 is 1.71. The highest BCUT2D eigenvalue weighted by molar-refractivity contribution is 5.83. The summed E-state index contributed by atoms with van der Waals surface area (Å²) in [6, 6.07) is 3.57. The number of aromatic nitrogens is 3. The molecule has 20 heavy (non-hydrogen) atoms. The Morgan fingerprint density at radius 3 is 2.75 bits per heavy atom. The number of hydrogen-bond acceptors (Lipinski definition) is 4. The topological polar surface area (TPSA) is 62.5 Å². The fourth-order valence-electron chi connectivity index (χ4n) is 2.17. The Labute approximate surface area is 118 Å². The van der Waals surface area contributed by atoms with Crippen LogP contribution in [0.2, 0.25) is 0 Å². The summed E-state index contributed by atoms with van der Waals surface area (Å²) in [5.74, 6) is 0.540. The zero-order valence-electron chi connectivity index (χ0n) is 12.4. The molecule has 2 aromatic heterocycles. The summed E-state index contributed by atoms with van der Waals surface area (Å²) in [5, 5.41) is 7.40. The number of hydrogen-bond donors (Lipinski definition) is 1. The zero-order chi connectivity index (χ0) is 14.7. The smallest absolute Gasteiger partial charge is 0.244 e. The van der Waals surface area contributed by atoms with Gasteiger partial charge in [-0.1, -0.05) is 6.07 Å². The molecule has 1 amide bonds. The van der Waals surface area contributed by atoms with Crippen LogP contribution >= 0.6 is 0 Å². The van der Waals surface area contributed by atoms with Gasteiger partial charge in [-0.3, -0.25) is 4.79 Å². The summed E-state index contributed by atoms with van der Waals surface area (Å²) in [4.78, 5) is 18.4. The molecule has 0 saturated heterocycles. The number of aryl methyl sites for hydroxylation is 1. The van der Waals surface area contributed by atoms with E-state index < -0.39 is 0 Å². The van der Waals surface area contributed by atoms with Crippen LogP contribution < -0.4 is 5.32 Å². The van der Waals surface area contributed by atoms with Crippen LogP contribution in [0.1, 0.15) is 26.3 Å². The Hall–Kier alpha value is -2.11. The number of rotatable bonds is 5. The molecule has 0 aliphatic heterocycles. The van der Waals surface area contributed by atoms with E-state index in [1.165, 1.54) is 0 Å². The minimum Gasteiger partial charge on any atom is -0.341 e. The van der Waals surface area contributed by atoms with Crippen LogP contribution in [0.3, 0.4) is 0 Å². The first-order valence-electron chi connectivity index (χ1n) is 6.94. The Kier molecular flexibility index (Phi) is 4.22. The third-order valence-corrected chi connectivity index (χ3v) is 3.35. The summed E-state index contributed by atoms with van der Waals surface area (Å²) in [6.07, 6.45) is 1.84. The number of fused-ring (bicyclic) bond motifs is 1. The molecule has 0 bridgehead atoms. The number of pyridine rings is 1. The lowest BCUT2D eigenvalue weighted by Gasteiger charge is -2.22. The maximum Gasteiger partial charge on any atom is 0.244 e. The minimum atomic E-state index is -0.340. The van der Waals surface area contributed by atoms with Gasteiger partial charge in [-0.25, -0.2) is 4.52 Å². The van der Waals surface area contributed by atoms with Crippen molar-refractivity contribution >= 4 is 17.5 Å². The highest BCUT2D eigenvalue weighted by atomic mass is 16.2. The van der Waals surface area contributed by atoms with Crippen LogP contribution in [0, 0.1) is 6.92 Å². The summed E-state index contributed by atoms with van der Waals surface area (Å²) in [5.41, 5.74) is 1.85. The molecular weight excluding hydrogens is 254 g/mol. The molecule has 0 fully saturated rings. The van der Waals surface area contributed by atoms with E-state index in [1.54, 1.807) is 9.42 Å². The minimum absolute atomic E-state index is 0.0607. The second kappa shape index (κ2) is 5.90. The molecule has 108 valence electrons. The summed E-state index contributed by atoms with van der Waals surface area (Å²) in [7, 11) is 0. The van der Waals surface area contributed by atoms with Gasteiger partial charge in [0.1, 0.15) is 6.04 Å². The third-order valence-electron chi connectivity index (χ3n) is 3.35. The highest BCUT2D eigenvalue weighted by Crippen LogP contribution is 2.11. The summed E-state index contributed by atoms with van der Waals surface area (Å²) in [6.45, 7) is 9.18. The quantitative estimate of drug-likeness (QED) is 0.902. The van der Waals surface area contributed by atoms with Gasteiger partial charge in [-0.2, -0.15) is 4.98 Å². The Morgan fingerprint density at radius 2 is 2.15 bits per heavy atom. The van der Waals surface area contributed by atoms with Gasteiger partial charge in [0.05, 0.1) is 0 Å². The first-order valence-corrected chi connectivity index (χ1v) is 6.94. The molecule has 1 unspecified atom stereocenters. The van der Waals surface area contributed by atoms with Crippen molar-refractivity contribution in [2.75, 3.05) is 18.4 Å². The average Bonchev–Trinajstić information content (AvgIpc) is 2.84. The first-order chi connectivity index (χ1) is 9.56. The van der Waals surface area contributed by atoms with Crippen molar-refractivity contribution in [3.8, 4) is 0 Å². The number of anilines is 1. The van der Waals surface area contributed by atoms with Gasteiger partial charge in [0, 0.05) is 19.3 Å². The van der Waals surface area contributed by atoms with E-state index in [0.717, 1.165) is 11.2 Å². The predicted octanol–water partition coefficient (Wildman–Crippen LogP) is 1.71. The fraction of sp³-hybridized carbons (Fsp3) is 0.500. The number of amides is 1. The van der Waals surface area contributed by atoms with Crippen LogP contribution in [0.15, 0.2) is 18.3 Å². The molecule has 1 N–H and O–H groups in total. The normalized spacial score (nSPS) is 12.4. The van der Waals surface area contributed by atoms with Crippen molar-refractivity contribution in [3.05, 3.63) is 23.9 Å². The van der Waals surface area contributed by atoms with E-state index >= 15 is 0 Å². The largest absolute Gasteiger partial charge is 0.341 e. The van der Waals surface area contributed by atoms with Crippen LogP contribution in [0.25, 0.3) is 5.65 Å². The second-order valence-corrected chi connectivity index (χ2v) is 4.77. The van der Waals surface area contributed by atoms with Crippen LogP contribution in [-0.2, 0) is 4.79 Å². The molecule has 1 atom stereocenters. The number of nitrogens with one attached hydrogen (secondary N) is 1. The number of likely N-dealkylation sites (N-methyl/N-ethyl adjacent to an activating group) is 1. The number of nitrogens with zero attached hydrogens (tertiary/aromatic N) is 4. The van der Waals surface area contributed by atoms with E-state index in [2.05, 4.69) is 15.4 Å². The van der Waals surface area contributed by atoms with Gasteiger partial charge in [0.15, 0.2) is 5.65 Å². The SMILES string of the molecule is CCN(CC)C(=O)C(C)Nc1nc2c(C)cccn2n1. The maximum absolute atomic E-state index is 12.2. The molecule has 2 rings (SSSR count). The van der Waals surface area contributed by atoms with Gasteiger partial charge in [-0.15, -0.1) is 5.10 Å². The molecule has 6 heteroatoms. The van der Waals surface area contributed by atoms with Crippen molar-refractivity contribution in [2.45, 2.75) is 33.7 Å². The average molecular weight is 275 g/mol. The zero-order valence-corrected chi connectivity index (χ0v) is 12.4. The van der Waals surface area contributed by atoms with Gasteiger partial charge in [0.2, 0.25) is 11.9 Å². The van der Waals surface area contributed by atoms with E-state index in [-0.39, 0.29) is 11.9 Å². The highest BCUT2D eigenvalue weighted by Gasteiger charge is 2.19. The van der Waals surface area contributed by atoms with Crippen molar-refractivity contribution in [3.63, 3.8) is 0 Å². The molecule has 0 aliphatic carbocycles. The maximum atomic E-state index is 12.2. The van der Waals surface area contributed by atoms with Crippen molar-refractivity contribution in [1.29, 1.82) is 0 Å². The van der Waals surface area contributed by atoms with Crippen molar-refractivity contribution in [1.82, 2.24) is 19.5 Å². The molecule has 2 aromatic rings. The van der Waals surface area contributed by atoms with Crippen molar-refractivity contribution in [2.24, 2.45) is 0 Å². The van der Waals surface area contributed by atoms with Crippen LogP contribution in [-0.4, -0.2) is 44.5 Å². The third kappa shape index (κ3) is 2.74. The molecule has 0 saturated carbocycles. The molecule has 0 aromatic carbocycles. The monoisotopic (exact) mass is 275 g/mol. The number of carbonyl (C=O) groups is 1. The van der Waals surface area contributed by atoms with Crippen LogP contribution in [0.4, 0.5) is 5.95 Å². The standard InChI is InChI=1S/C14H21N5O/c1-5-18(6-2)13(20)11(4)15-14-16-12-10(3)8-7-9-19(12)17-14/h7-9,11H,5-6H2,1-4H3,(H,15,17). The Bertz CT molecular complexity index is 603. The van der Waals surface area contributed by atoms with E-state index in [0.29, 0.717) is 19.0 Å². The predicted molar refractivity (Wildman–Crippen MR) is 78.7 cm³/mol. The van der Waals surface area contributed by atoms with Gasteiger partial charge in [-0.05, 0) is 39.3 Å². The molecule has 0 radical (unpaired) electrons. The second-order valence-electron chi connectivity index (χ2n) is 4.77. The van der Waals surface area contributed by atoms with E-state index in [4.69, 9.17) is 0 Å². The number of carbonyl (C=O) groups excluding carboxylic acids is 1. The first kappa shape index (κ1) is 14.3. The fourth-order valence-corrected chi connectivity index (χ4v) is 2.17. The molecular formula is C14H21N5O. The molecule has 6 nitrogen and oxygen atoms in total. The lowest BCUT2D eigenvalue weighted by Crippen LogP contribution is -2.41. The van der Waals surface area contributed by atoms with Gasteiger partial charge < -0.3 is 10.2 Å². The van der Waals surface area contributed by atoms with Crippen molar-refractivity contribution < 1.29 is 4.79 Å². The lowest BCUT2D eigenvalue weighted by atomic mass is 10.3. The van der Waals surface area contributed by atoms with Gasteiger partial charge >= 0.3 is 0 Å². The Balaban J connectivity index is 2.15. The van der Waals surface area contributed by atoms with Crippen LogP contribution in [0.5, 0.6) is 0 Å². The molecule has 2 heterocycles. The lowest BCUT2D eigenvalue weighted by molar-refractivity contribution is -0.131.